The van der Waals surface area contributed by atoms with Crippen molar-refractivity contribution in [1.29, 1.82) is 0 Å². The summed E-state index contributed by atoms with van der Waals surface area (Å²) < 4.78 is 10.7. The Morgan fingerprint density at radius 2 is 2.44 bits per heavy atom. The van der Waals surface area contributed by atoms with Crippen molar-refractivity contribution in [3.05, 3.63) is 0 Å². The Morgan fingerprint density at radius 1 is 1.62 bits per heavy atom. The topological polar surface area (TPSA) is 64.8 Å². The van der Waals surface area contributed by atoms with Gasteiger partial charge in [-0.3, -0.25) is 4.79 Å². The highest BCUT2D eigenvalue weighted by Crippen LogP contribution is 2.08. The van der Waals surface area contributed by atoms with E-state index in [1.807, 2.05) is 6.92 Å². The molecule has 1 rings (SSSR count). The van der Waals surface area contributed by atoms with Crippen molar-refractivity contribution < 1.29 is 14.3 Å². The van der Waals surface area contributed by atoms with Crippen LogP contribution in [-0.4, -0.2) is 56.4 Å². The Morgan fingerprint density at radius 3 is 3.12 bits per heavy atom. The van der Waals surface area contributed by atoms with E-state index in [4.69, 9.17) is 15.2 Å². The van der Waals surface area contributed by atoms with Crippen molar-refractivity contribution >= 4 is 5.91 Å². The minimum atomic E-state index is 0.0544. The lowest BCUT2D eigenvalue weighted by atomic mass is 10.2. The maximum atomic E-state index is 11.7. The lowest BCUT2D eigenvalue weighted by molar-refractivity contribution is -0.143. The number of hydrogen-bond donors (Lipinski definition) is 1. The average Bonchev–Trinajstić information content (AvgIpc) is 2.30. The fourth-order valence-corrected chi connectivity index (χ4v) is 1.70. The van der Waals surface area contributed by atoms with Crippen molar-refractivity contribution in [3.63, 3.8) is 0 Å². The first-order valence-electron chi connectivity index (χ1n) is 5.95. The third-order valence-corrected chi connectivity index (χ3v) is 2.55. The van der Waals surface area contributed by atoms with Crippen molar-refractivity contribution in [2.45, 2.75) is 25.9 Å². The maximum Gasteiger partial charge on any atom is 0.248 e. The molecule has 0 radical (unpaired) electrons. The molecular formula is C11H22N2O3. The second-order valence-corrected chi connectivity index (χ2v) is 3.96. The summed E-state index contributed by atoms with van der Waals surface area (Å²) in [7, 11) is 0. The van der Waals surface area contributed by atoms with Gasteiger partial charge in [-0.05, 0) is 19.4 Å². The Bertz CT molecular complexity index is 209. The van der Waals surface area contributed by atoms with Crippen LogP contribution in [0.2, 0.25) is 0 Å². The molecule has 0 saturated carbocycles. The zero-order chi connectivity index (χ0) is 11.8. The van der Waals surface area contributed by atoms with Gasteiger partial charge in [-0.25, -0.2) is 0 Å². The van der Waals surface area contributed by atoms with Crippen LogP contribution >= 0.6 is 0 Å². The van der Waals surface area contributed by atoms with Crippen molar-refractivity contribution in [3.8, 4) is 0 Å². The van der Waals surface area contributed by atoms with Crippen molar-refractivity contribution in [2.24, 2.45) is 5.73 Å². The molecule has 0 aliphatic carbocycles. The van der Waals surface area contributed by atoms with Gasteiger partial charge in [-0.2, -0.15) is 0 Å². The van der Waals surface area contributed by atoms with E-state index in [1.54, 1.807) is 4.90 Å². The van der Waals surface area contributed by atoms with Gasteiger partial charge in [0.25, 0.3) is 0 Å². The summed E-state index contributed by atoms with van der Waals surface area (Å²) in [5.41, 5.74) is 5.47. The number of nitrogens with two attached hydrogens (primary N) is 1. The lowest BCUT2D eigenvalue weighted by Gasteiger charge is -2.32. The number of morpholine rings is 1. The van der Waals surface area contributed by atoms with Gasteiger partial charge in [0.1, 0.15) is 6.61 Å². The SMILES string of the molecule is CCCOCC(=O)N1CCO[C@H](CCN)C1. The van der Waals surface area contributed by atoms with Gasteiger partial charge in [-0.1, -0.05) is 6.92 Å². The predicted molar refractivity (Wildman–Crippen MR) is 61.1 cm³/mol. The van der Waals surface area contributed by atoms with Gasteiger partial charge >= 0.3 is 0 Å². The first kappa shape index (κ1) is 13.4. The molecule has 0 bridgehead atoms. The summed E-state index contributed by atoms with van der Waals surface area (Å²) in [6.45, 7) is 5.35. The molecule has 1 amide bonds. The standard InChI is InChI=1S/C11H22N2O3/c1-2-6-15-9-11(14)13-5-7-16-10(8-13)3-4-12/h10H,2-9,12H2,1H3/t10-/m1/s1. The van der Waals surface area contributed by atoms with Crippen LogP contribution in [0.5, 0.6) is 0 Å². The van der Waals surface area contributed by atoms with Crippen LogP contribution < -0.4 is 5.73 Å². The molecule has 0 aromatic rings. The summed E-state index contributed by atoms with van der Waals surface area (Å²) >= 11 is 0. The zero-order valence-electron chi connectivity index (χ0n) is 9.98. The molecular weight excluding hydrogens is 208 g/mol. The maximum absolute atomic E-state index is 11.7. The predicted octanol–water partition coefficient (Wildman–Crippen LogP) is -0.0108. The molecule has 5 heteroatoms. The fraction of sp³-hybridized carbons (Fsp3) is 0.909. The Kier molecular flexibility index (Phi) is 6.37. The molecule has 0 unspecified atom stereocenters. The average molecular weight is 230 g/mol. The number of carbonyl (C=O) groups is 1. The van der Waals surface area contributed by atoms with Crippen molar-refractivity contribution in [1.82, 2.24) is 4.90 Å². The van der Waals surface area contributed by atoms with E-state index in [0.717, 1.165) is 12.8 Å². The summed E-state index contributed by atoms with van der Waals surface area (Å²) in [6.07, 6.45) is 1.83. The van der Waals surface area contributed by atoms with Crippen LogP contribution in [0.1, 0.15) is 19.8 Å². The number of nitrogens with zero attached hydrogens (tertiary/aromatic N) is 1. The molecule has 94 valence electrons. The van der Waals surface area contributed by atoms with Gasteiger partial charge in [0.2, 0.25) is 5.91 Å². The van der Waals surface area contributed by atoms with Crippen LogP contribution in [0, 0.1) is 0 Å². The molecule has 5 nitrogen and oxygen atoms in total. The molecule has 0 aromatic carbocycles. The summed E-state index contributed by atoms with van der Waals surface area (Å²) in [5.74, 6) is 0.0544. The molecule has 1 saturated heterocycles. The Labute approximate surface area is 96.9 Å². The number of rotatable bonds is 6. The molecule has 1 heterocycles. The van der Waals surface area contributed by atoms with Crippen LogP contribution in [0.4, 0.5) is 0 Å². The first-order chi connectivity index (χ1) is 7.77. The smallest absolute Gasteiger partial charge is 0.248 e. The second-order valence-electron chi connectivity index (χ2n) is 3.96. The van der Waals surface area contributed by atoms with Crippen LogP contribution in [0.25, 0.3) is 0 Å². The highest BCUT2D eigenvalue weighted by molar-refractivity contribution is 5.77. The van der Waals surface area contributed by atoms with E-state index in [1.165, 1.54) is 0 Å². The molecule has 1 atom stereocenters. The number of hydrogen-bond acceptors (Lipinski definition) is 4. The largest absolute Gasteiger partial charge is 0.374 e. The summed E-state index contributed by atoms with van der Waals surface area (Å²) in [6, 6.07) is 0. The molecule has 1 aliphatic rings. The third kappa shape index (κ3) is 4.47. The van der Waals surface area contributed by atoms with E-state index >= 15 is 0 Å². The van der Waals surface area contributed by atoms with Crippen LogP contribution in [-0.2, 0) is 14.3 Å². The fourth-order valence-electron chi connectivity index (χ4n) is 1.70. The van der Waals surface area contributed by atoms with Gasteiger partial charge in [-0.15, -0.1) is 0 Å². The molecule has 1 fully saturated rings. The summed E-state index contributed by atoms with van der Waals surface area (Å²) in [5, 5.41) is 0. The highest BCUT2D eigenvalue weighted by atomic mass is 16.5. The summed E-state index contributed by atoms with van der Waals surface area (Å²) in [4.78, 5) is 13.5. The van der Waals surface area contributed by atoms with E-state index in [9.17, 15) is 4.79 Å². The van der Waals surface area contributed by atoms with Crippen LogP contribution in [0.3, 0.4) is 0 Å². The zero-order valence-corrected chi connectivity index (χ0v) is 9.98. The first-order valence-corrected chi connectivity index (χ1v) is 5.95. The Hall–Kier alpha value is -0.650. The Balaban J connectivity index is 2.26. The minimum Gasteiger partial charge on any atom is -0.374 e. The van der Waals surface area contributed by atoms with E-state index in [-0.39, 0.29) is 18.6 Å². The normalized spacial score (nSPS) is 21.1. The monoisotopic (exact) mass is 230 g/mol. The van der Waals surface area contributed by atoms with Gasteiger partial charge in [0, 0.05) is 19.7 Å². The lowest BCUT2D eigenvalue weighted by Crippen LogP contribution is -2.47. The quantitative estimate of drug-likeness (QED) is 0.652. The number of carbonyl (C=O) groups excluding carboxylic acids is 1. The second kappa shape index (κ2) is 7.60. The van der Waals surface area contributed by atoms with Gasteiger partial charge in [0.05, 0.1) is 12.7 Å². The molecule has 1 aliphatic heterocycles. The molecule has 0 spiro atoms. The van der Waals surface area contributed by atoms with Gasteiger partial charge < -0.3 is 20.1 Å². The van der Waals surface area contributed by atoms with E-state index < -0.39 is 0 Å². The number of amides is 1. The molecule has 16 heavy (non-hydrogen) atoms. The molecule has 0 aromatic heterocycles. The number of ether oxygens (including phenoxy) is 2. The third-order valence-electron chi connectivity index (χ3n) is 2.55. The molecule has 2 N–H and O–H groups in total. The van der Waals surface area contributed by atoms with Crippen LogP contribution in [0.15, 0.2) is 0 Å². The highest BCUT2D eigenvalue weighted by Gasteiger charge is 2.23. The van der Waals surface area contributed by atoms with Crippen molar-refractivity contribution in [2.75, 3.05) is 39.5 Å². The minimum absolute atomic E-state index is 0.0544. The van der Waals surface area contributed by atoms with E-state index in [0.29, 0.717) is 32.8 Å². The van der Waals surface area contributed by atoms with Gasteiger partial charge in [0.15, 0.2) is 0 Å². The van der Waals surface area contributed by atoms with E-state index in [2.05, 4.69) is 0 Å².